The first-order valence-corrected chi connectivity index (χ1v) is 5.71. The molecule has 0 aliphatic carbocycles. The van der Waals surface area contributed by atoms with Crippen molar-refractivity contribution in [3.63, 3.8) is 0 Å². The lowest BCUT2D eigenvalue weighted by molar-refractivity contribution is 0.328. The van der Waals surface area contributed by atoms with Gasteiger partial charge in [-0.2, -0.15) is 4.98 Å². The zero-order valence-electron chi connectivity index (χ0n) is 9.72. The predicted molar refractivity (Wildman–Crippen MR) is 70.1 cm³/mol. The number of halogens is 1. The van der Waals surface area contributed by atoms with Crippen LogP contribution < -0.4 is 15.8 Å². The van der Waals surface area contributed by atoms with Crippen LogP contribution in [-0.4, -0.2) is 21.6 Å². The summed E-state index contributed by atoms with van der Waals surface area (Å²) >= 11 is 5.94. The third-order valence-corrected chi connectivity index (χ3v) is 2.44. The zero-order valence-corrected chi connectivity index (χ0v) is 10.5. The highest BCUT2D eigenvalue weighted by Gasteiger charge is 2.10. The second-order valence-electron chi connectivity index (χ2n) is 3.34. The molecule has 2 aromatic rings. The van der Waals surface area contributed by atoms with Gasteiger partial charge in [-0.05, 0) is 19.1 Å². The van der Waals surface area contributed by atoms with Gasteiger partial charge < -0.3 is 15.8 Å². The Morgan fingerprint density at radius 1 is 1.39 bits per heavy atom. The molecule has 2 aromatic heterocycles. The van der Waals surface area contributed by atoms with Crippen molar-refractivity contribution in [1.29, 1.82) is 0 Å². The first-order valence-electron chi connectivity index (χ1n) is 5.33. The fourth-order valence-electron chi connectivity index (χ4n) is 1.34. The predicted octanol–water partition coefficient (Wildman–Crippen LogP) is 2.25. The van der Waals surface area contributed by atoms with E-state index < -0.39 is 0 Å². The molecule has 6 nitrogen and oxygen atoms in total. The number of anilines is 3. The van der Waals surface area contributed by atoms with Crippen LogP contribution in [0, 0.1) is 0 Å². The Morgan fingerprint density at radius 2 is 2.22 bits per heavy atom. The molecule has 18 heavy (non-hydrogen) atoms. The van der Waals surface area contributed by atoms with E-state index in [0.717, 1.165) is 0 Å². The van der Waals surface area contributed by atoms with Crippen LogP contribution in [0.4, 0.5) is 17.2 Å². The van der Waals surface area contributed by atoms with Gasteiger partial charge in [0.25, 0.3) is 0 Å². The molecular formula is C11H12ClN5O. The summed E-state index contributed by atoms with van der Waals surface area (Å²) in [5, 5.41) is 3.33. The Kier molecular flexibility index (Phi) is 3.78. The molecule has 0 fully saturated rings. The van der Waals surface area contributed by atoms with E-state index >= 15 is 0 Å². The van der Waals surface area contributed by atoms with Crippen LogP contribution in [0.15, 0.2) is 24.7 Å². The quantitative estimate of drug-likeness (QED) is 0.825. The van der Waals surface area contributed by atoms with Gasteiger partial charge in [-0.25, -0.2) is 9.97 Å². The lowest BCUT2D eigenvalue weighted by Crippen LogP contribution is -2.05. The van der Waals surface area contributed by atoms with Crippen LogP contribution in [-0.2, 0) is 0 Å². The topological polar surface area (TPSA) is 86.0 Å². The number of nitrogen functional groups attached to an aromatic ring is 1. The molecule has 2 heterocycles. The molecule has 94 valence electrons. The van der Waals surface area contributed by atoms with Gasteiger partial charge in [0.15, 0.2) is 11.0 Å². The summed E-state index contributed by atoms with van der Waals surface area (Å²) in [5.41, 5.74) is 6.84. The molecule has 0 aliphatic heterocycles. The third kappa shape index (κ3) is 2.60. The SMILES string of the molecule is CCOc1ncnc(Nc2cccnc2Cl)c1N. The third-order valence-electron chi connectivity index (χ3n) is 2.14. The fraction of sp³-hybridized carbons (Fsp3) is 0.182. The molecule has 0 spiro atoms. The van der Waals surface area contributed by atoms with E-state index in [1.807, 2.05) is 6.92 Å². The summed E-state index contributed by atoms with van der Waals surface area (Å²) in [6.45, 7) is 2.33. The summed E-state index contributed by atoms with van der Waals surface area (Å²) in [6, 6.07) is 3.53. The van der Waals surface area contributed by atoms with Crippen molar-refractivity contribution in [1.82, 2.24) is 15.0 Å². The van der Waals surface area contributed by atoms with Crippen LogP contribution in [0.2, 0.25) is 5.15 Å². The molecule has 3 N–H and O–H groups in total. The largest absolute Gasteiger partial charge is 0.476 e. The van der Waals surface area contributed by atoms with Crippen LogP contribution in [0.25, 0.3) is 0 Å². The normalized spacial score (nSPS) is 10.1. The van der Waals surface area contributed by atoms with E-state index in [0.29, 0.717) is 34.8 Å². The van der Waals surface area contributed by atoms with Crippen molar-refractivity contribution in [3.05, 3.63) is 29.8 Å². The van der Waals surface area contributed by atoms with E-state index in [1.165, 1.54) is 6.33 Å². The van der Waals surface area contributed by atoms with Crippen molar-refractivity contribution in [2.75, 3.05) is 17.7 Å². The summed E-state index contributed by atoms with van der Waals surface area (Å²) in [4.78, 5) is 11.9. The van der Waals surface area contributed by atoms with Gasteiger partial charge in [-0.15, -0.1) is 0 Å². The Morgan fingerprint density at radius 3 is 2.94 bits per heavy atom. The van der Waals surface area contributed by atoms with Crippen molar-refractivity contribution < 1.29 is 4.74 Å². The highest BCUT2D eigenvalue weighted by molar-refractivity contribution is 6.32. The van der Waals surface area contributed by atoms with Gasteiger partial charge in [-0.1, -0.05) is 11.6 Å². The molecule has 0 saturated heterocycles. The zero-order chi connectivity index (χ0) is 13.0. The maximum Gasteiger partial charge on any atom is 0.242 e. The Bertz CT molecular complexity index is 549. The van der Waals surface area contributed by atoms with Gasteiger partial charge in [-0.3, -0.25) is 0 Å². The number of rotatable bonds is 4. The van der Waals surface area contributed by atoms with E-state index in [2.05, 4.69) is 20.3 Å². The van der Waals surface area contributed by atoms with Crippen molar-refractivity contribution in [3.8, 4) is 5.88 Å². The molecule has 0 saturated carbocycles. The van der Waals surface area contributed by atoms with E-state index in [1.54, 1.807) is 18.3 Å². The minimum Gasteiger partial charge on any atom is -0.476 e. The van der Waals surface area contributed by atoms with Crippen LogP contribution in [0.1, 0.15) is 6.92 Å². The first-order chi connectivity index (χ1) is 8.72. The smallest absolute Gasteiger partial charge is 0.242 e. The van der Waals surface area contributed by atoms with Crippen molar-refractivity contribution >= 4 is 28.8 Å². The molecule has 0 bridgehead atoms. The number of aromatic nitrogens is 3. The molecule has 0 atom stereocenters. The molecule has 0 radical (unpaired) electrons. The van der Waals surface area contributed by atoms with Gasteiger partial charge in [0.05, 0.1) is 12.3 Å². The molecule has 2 rings (SSSR count). The highest BCUT2D eigenvalue weighted by atomic mass is 35.5. The summed E-state index contributed by atoms with van der Waals surface area (Å²) in [7, 11) is 0. The number of pyridine rings is 1. The standard InChI is InChI=1S/C11H12ClN5O/c1-2-18-11-8(13)10(15-6-16-11)17-7-4-3-5-14-9(7)12/h3-6H,2,13H2,1H3,(H,15,16,17). The number of hydrogen-bond acceptors (Lipinski definition) is 6. The number of ether oxygens (including phenoxy) is 1. The van der Waals surface area contributed by atoms with Crippen LogP contribution in [0.3, 0.4) is 0 Å². The van der Waals surface area contributed by atoms with Crippen molar-refractivity contribution in [2.45, 2.75) is 6.92 Å². The number of nitrogens with zero attached hydrogens (tertiary/aromatic N) is 3. The van der Waals surface area contributed by atoms with Gasteiger partial charge in [0.1, 0.15) is 12.0 Å². The lowest BCUT2D eigenvalue weighted by Gasteiger charge is -2.11. The average Bonchev–Trinajstić information content (AvgIpc) is 2.37. The molecule has 0 aliphatic rings. The van der Waals surface area contributed by atoms with E-state index in [-0.39, 0.29) is 0 Å². The van der Waals surface area contributed by atoms with Gasteiger partial charge in [0.2, 0.25) is 5.88 Å². The Balaban J connectivity index is 2.30. The molecular weight excluding hydrogens is 254 g/mol. The minimum atomic E-state index is 0.333. The van der Waals surface area contributed by atoms with Crippen LogP contribution >= 0.6 is 11.6 Å². The summed E-state index contributed by atoms with van der Waals surface area (Å²) in [5.74, 6) is 0.776. The molecule has 0 amide bonds. The second kappa shape index (κ2) is 5.50. The van der Waals surface area contributed by atoms with Gasteiger partial charge in [0, 0.05) is 6.20 Å². The van der Waals surface area contributed by atoms with E-state index in [4.69, 9.17) is 22.1 Å². The van der Waals surface area contributed by atoms with Crippen LogP contribution in [0.5, 0.6) is 5.88 Å². The molecule has 0 aromatic carbocycles. The first kappa shape index (κ1) is 12.4. The number of hydrogen-bond donors (Lipinski definition) is 2. The number of nitrogens with one attached hydrogen (secondary N) is 1. The summed E-state index contributed by atoms with van der Waals surface area (Å²) < 4.78 is 5.28. The monoisotopic (exact) mass is 265 g/mol. The van der Waals surface area contributed by atoms with Gasteiger partial charge >= 0.3 is 0 Å². The minimum absolute atomic E-state index is 0.333. The van der Waals surface area contributed by atoms with Crippen molar-refractivity contribution in [2.24, 2.45) is 0 Å². The lowest BCUT2D eigenvalue weighted by atomic mass is 10.4. The van der Waals surface area contributed by atoms with E-state index in [9.17, 15) is 0 Å². The maximum absolute atomic E-state index is 5.94. The summed E-state index contributed by atoms with van der Waals surface area (Å²) in [6.07, 6.45) is 2.97. The second-order valence-corrected chi connectivity index (χ2v) is 3.70. The number of nitrogens with two attached hydrogens (primary N) is 1. The fourth-order valence-corrected chi connectivity index (χ4v) is 1.50. The molecule has 7 heteroatoms. The maximum atomic E-state index is 5.94. The molecule has 0 unspecified atom stereocenters. The Labute approximate surface area is 109 Å². The average molecular weight is 266 g/mol. The highest BCUT2D eigenvalue weighted by Crippen LogP contribution is 2.29. The Hall–Kier alpha value is -2.08.